The van der Waals surface area contributed by atoms with E-state index in [0.29, 0.717) is 0 Å². The molecule has 1 aromatic carbocycles. The first-order chi connectivity index (χ1) is 11.0. The Balaban J connectivity index is 1.93. The van der Waals surface area contributed by atoms with Crippen LogP contribution in [0, 0.1) is 0 Å². The molecule has 0 radical (unpaired) electrons. The number of carbonyl (C=O) groups excluding carboxylic acids is 2. The Hall–Kier alpha value is -2.93. The second-order valence-electron chi connectivity index (χ2n) is 4.35. The van der Waals surface area contributed by atoms with Crippen molar-refractivity contribution in [2.45, 2.75) is 0 Å². The van der Waals surface area contributed by atoms with E-state index in [-0.39, 0.29) is 22.0 Å². The van der Waals surface area contributed by atoms with Gasteiger partial charge in [0.1, 0.15) is 5.15 Å². The van der Waals surface area contributed by atoms with E-state index in [2.05, 4.69) is 10.3 Å². The largest absolute Gasteiger partial charge is 0.478 e. The maximum atomic E-state index is 11.8. The maximum Gasteiger partial charge on any atom is 0.341 e. The third-order valence-corrected chi connectivity index (χ3v) is 3.01. The van der Waals surface area contributed by atoms with Gasteiger partial charge < -0.3 is 15.2 Å². The molecular formula is C15H11ClN2O5. The number of benzene rings is 1. The van der Waals surface area contributed by atoms with Gasteiger partial charge in [-0.05, 0) is 30.3 Å². The van der Waals surface area contributed by atoms with Crippen LogP contribution in [0.4, 0.5) is 5.69 Å². The molecule has 0 aliphatic carbocycles. The molecule has 0 fully saturated rings. The van der Waals surface area contributed by atoms with Crippen molar-refractivity contribution in [3.8, 4) is 0 Å². The quantitative estimate of drug-likeness (QED) is 0.641. The number of pyridine rings is 1. The zero-order valence-corrected chi connectivity index (χ0v) is 12.4. The Kier molecular flexibility index (Phi) is 5.27. The molecule has 1 amide bonds. The van der Waals surface area contributed by atoms with Gasteiger partial charge in [0.25, 0.3) is 5.91 Å². The monoisotopic (exact) mass is 334 g/mol. The van der Waals surface area contributed by atoms with Gasteiger partial charge in [-0.15, -0.1) is 0 Å². The minimum absolute atomic E-state index is 0.0212. The van der Waals surface area contributed by atoms with E-state index in [9.17, 15) is 14.4 Å². The first-order valence-corrected chi connectivity index (χ1v) is 6.76. The minimum atomic E-state index is -1.11. The molecule has 7 nitrogen and oxygen atoms in total. The van der Waals surface area contributed by atoms with Crippen molar-refractivity contribution in [2.75, 3.05) is 11.9 Å². The molecule has 1 heterocycles. The molecular weight excluding hydrogens is 324 g/mol. The van der Waals surface area contributed by atoms with Crippen LogP contribution in [0.5, 0.6) is 0 Å². The highest BCUT2D eigenvalue weighted by Gasteiger charge is 2.14. The van der Waals surface area contributed by atoms with Crippen molar-refractivity contribution in [3.63, 3.8) is 0 Å². The van der Waals surface area contributed by atoms with Crippen LogP contribution in [0.25, 0.3) is 0 Å². The minimum Gasteiger partial charge on any atom is -0.478 e. The Labute approximate surface area is 135 Å². The summed E-state index contributed by atoms with van der Waals surface area (Å²) in [6.45, 7) is -0.540. The molecule has 2 rings (SSSR count). The number of halogens is 1. The molecule has 0 unspecified atom stereocenters. The first kappa shape index (κ1) is 16.4. The number of carboxylic acids is 1. The van der Waals surface area contributed by atoms with Crippen molar-refractivity contribution in [1.82, 2.24) is 4.98 Å². The number of nitrogens with one attached hydrogen (secondary N) is 1. The molecule has 0 bridgehead atoms. The normalized spacial score (nSPS) is 9.96. The van der Waals surface area contributed by atoms with Gasteiger partial charge in [-0.1, -0.05) is 17.7 Å². The number of aromatic carboxylic acids is 1. The summed E-state index contributed by atoms with van der Waals surface area (Å²) in [5, 5.41) is 11.3. The fourth-order valence-corrected chi connectivity index (χ4v) is 1.87. The number of carbonyl (C=O) groups is 3. The Morgan fingerprint density at radius 2 is 2.00 bits per heavy atom. The summed E-state index contributed by atoms with van der Waals surface area (Å²) >= 11 is 5.74. The highest BCUT2D eigenvalue weighted by atomic mass is 35.5. The number of hydrogen-bond donors (Lipinski definition) is 2. The summed E-state index contributed by atoms with van der Waals surface area (Å²) in [4.78, 5) is 38.1. The SMILES string of the molecule is O=C(COC(=O)c1cccnc1Cl)Nc1cccc(C(=O)O)c1. The van der Waals surface area contributed by atoms with Gasteiger partial charge in [0, 0.05) is 11.9 Å². The van der Waals surface area contributed by atoms with E-state index in [1.54, 1.807) is 0 Å². The lowest BCUT2D eigenvalue weighted by molar-refractivity contribution is -0.119. The van der Waals surface area contributed by atoms with Gasteiger partial charge in [0.2, 0.25) is 0 Å². The molecule has 8 heteroatoms. The summed E-state index contributed by atoms with van der Waals surface area (Å²) in [6, 6.07) is 8.62. The summed E-state index contributed by atoms with van der Waals surface area (Å²) in [7, 11) is 0. The van der Waals surface area contributed by atoms with Crippen LogP contribution < -0.4 is 5.32 Å². The third-order valence-electron chi connectivity index (χ3n) is 2.71. The van der Waals surface area contributed by atoms with Crippen LogP contribution in [-0.2, 0) is 9.53 Å². The van der Waals surface area contributed by atoms with E-state index in [0.717, 1.165) is 0 Å². The van der Waals surface area contributed by atoms with Crippen molar-refractivity contribution in [1.29, 1.82) is 0 Å². The summed E-state index contributed by atoms with van der Waals surface area (Å²) in [5.74, 6) is -2.50. The maximum absolute atomic E-state index is 11.8. The number of amides is 1. The van der Waals surface area contributed by atoms with Gasteiger partial charge in [-0.2, -0.15) is 0 Å². The molecule has 1 aromatic heterocycles. The fraction of sp³-hybridized carbons (Fsp3) is 0.0667. The van der Waals surface area contributed by atoms with Crippen LogP contribution in [0.3, 0.4) is 0 Å². The Bertz CT molecular complexity index is 763. The fourth-order valence-electron chi connectivity index (χ4n) is 1.67. The van der Waals surface area contributed by atoms with Crippen LogP contribution >= 0.6 is 11.6 Å². The molecule has 0 aliphatic heterocycles. The average Bonchev–Trinajstić information content (AvgIpc) is 2.53. The van der Waals surface area contributed by atoms with Crippen molar-refractivity contribution in [3.05, 3.63) is 58.9 Å². The number of esters is 1. The Morgan fingerprint density at radius 3 is 2.70 bits per heavy atom. The zero-order valence-electron chi connectivity index (χ0n) is 11.7. The van der Waals surface area contributed by atoms with E-state index in [1.165, 1.54) is 42.6 Å². The van der Waals surface area contributed by atoms with Crippen LogP contribution in [0.15, 0.2) is 42.6 Å². The van der Waals surface area contributed by atoms with Gasteiger partial charge in [-0.25, -0.2) is 14.6 Å². The molecule has 118 valence electrons. The Morgan fingerprint density at radius 1 is 1.22 bits per heavy atom. The molecule has 2 aromatic rings. The number of anilines is 1. The smallest absolute Gasteiger partial charge is 0.341 e. The van der Waals surface area contributed by atoms with E-state index in [4.69, 9.17) is 21.4 Å². The molecule has 0 spiro atoms. The lowest BCUT2D eigenvalue weighted by Crippen LogP contribution is -2.21. The average molecular weight is 335 g/mol. The molecule has 2 N–H and O–H groups in total. The number of hydrogen-bond acceptors (Lipinski definition) is 5. The third kappa shape index (κ3) is 4.52. The van der Waals surface area contributed by atoms with Crippen LogP contribution in [0.1, 0.15) is 20.7 Å². The number of aromatic nitrogens is 1. The van der Waals surface area contributed by atoms with Gasteiger partial charge in [0.15, 0.2) is 6.61 Å². The lowest BCUT2D eigenvalue weighted by Gasteiger charge is -2.07. The van der Waals surface area contributed by atoms with Crippen molar-refractivity contribution in [2.24, 2.45) is 0 Å². The van der Waals surface area contributed by atoms with E-state index >= 15 is 0 Å². The molecule has 0 atom stereocenters. The van der Waals surface area contributed by atoms with Crippen molar-refractivity contribution < 1.29 is 24.2 Å². The predicted octanol–water partition coefficient (Wildman–Crippen LogP) is 2.23. The topological polar surface area (TPSA) is 106 Å². The molecule has 0 saturated heterocycles. The predicted molar refractivity (Wildman–Crippen MR) is 81.6 cm³/mol. The van der Waals surface area contributed by atoms with E-state index < -0.39 is 24.5 Å². The summed E-state index contributed by atoms with van der Waals surface area (Å²) < 4.78 is 4.83. The second-order valence-corrected chi connectivity index (χ2v) is 4.71. The van der Waals surface area contributed by atoms with Crippen molar-refractivity contribution >= 4 is 35.1 Å². The van der Waals surface area contributed by atoms with Crippen LogP contribution in [0.2, 0.25) is 5.15 Å². The number of ether oxygens (including phenoxy) is 1. The first-order valence-electron chi connectivity index (χ1n) is 6.38. The lowest BCUT2D eigenvalue weighted by atomic mass is 10.2. The highest BCUT2D eigenvalue weighted by Crippen LogP contribution is 2.13. The number of carboxylic acid groups (broad SMARTS) is 1. The summed E-state index contributed by atoms with van der Waals surface area (Å²) in [6.07, 6.45) is 1.42. The highest BCUT2D eigenvalue weighted by molar-refractivity contribution is 6.32. The van der Waals surface area contributed by atoms with Gasteiger partial charge >= 0.3 is 11.9 Å². The molecule has 0 aliphatic rings. The molecule has 23 heavy (non-hydrogen) atoms. The van der Waals surface area contributed by atoms with Crippen LogP contribution in [-0.4, -0.2) is 34.5 Å². The zero-order chi connectivity index (χ0) is 16.8. The second kappa shape index (κ2) is 7.37. The molecule has 0 saturated carbocycles. The standard InChI is InChI=1S/C15H11ClN2O5/c16-13-11(5-2-6-17-13)15(22)23-8-12(19)18-10-4-1-3-9(7-10)14(20)21/h1-7H,8H2,(H,18,19)(H,20,21). The number of rotatable bonds is 5. The van der Waals surface area contributed by atoms with Gasteiger partial charge in [-0.3, -0.25) is 4.79 Å². The number of nitrogens with zero attached hydrogens (tertiary/aromatic N) is 1. The van der Waals surface area contributed by atoms with Gasteiger partial charge in [0.05, 0.1) is 11.1 Å². The van der Waals surface area contributed by atoms with E-state index in [1.807, 2.05) is 0 Å². The summed E-state index contributed by atoms with van der Waals surface area (Å²) in [5.41, 5.74) is 0.363.